The molecule has 0 atom stereocenters. The second-order valence-corrected chi connectivity index (χ2v) is 3.55. The number of aromatic carboxylic acids is 1. The first-order chi connectivity index (χ1) is 9.40. The summed E-state index contributed by atoms with van der Waals surface area (Å²) in [6.07, 6.45) is -0.970. The maximum Gasteiger partial charge on any atom is 0.404 e. The van der Waals surface area contributed by atoms with Gasteiger partial charge in [0.25, 0.3) is 0 Å². The zero-order chi connectivity index (χ0) is 15.1. The molecule has 0 unspecified atom stereocenters. The van der Waals surface area contributed by atoms with E-state index in [0.717, 1.165) is 18.2 Å². The van der Waals surface area contributed by atoms with E-state index in [9.17, 15) is 18.8 Å². The zero-order valence-electron chi connectivity index (χ0n) is 10.2. The van der Waals surface area contributed by atoms with Gasteiger partial charge in [0.15, 0.2) is 0 Å². The van der Waals surface area contributed by atoms with Gasteiger partial charge in [-0.15, -0.1) is 0 Å². The number of ether oxygens (including phenoxy) is 1. The highest BCUT2D eigenvalue weighted by atomic mass is 19.1. The van der Waals surface area contributed by atoms with Crippen molar-refractivity contribution in [2.75, 3.05) is 18.5 Å². The lowest BCUT2D eigenvalue weighted by atomic mass is 10.2. The van der Waals surface area contributed by atoms with Crippen molar-refractivity contribution < 1.29 is 28.6 Å². The average Bonchev–Trinajstić information content (AvgIpc) is 2.36. The summed E-state index contributed by atoms with van der Waals surface area (Å²) in [5.74, 6) is -2.16. The van der Waals surface area contributed by atoms with Crippen LogP contribution in [0.25, 0.3) is 0 Å². The third kappa shape index (κ3) is 4.80. The number of anilines is 1. The predicted octanol–water partition coefficient (Wildman–Crippen LogP) is 0.741. The molecule has 0 spiro atoms. The van der Waals surface area contributed by atoms with Gasteiger partial charge < -0.3 is 26.2 Å². The fourth-order valence-corrected chi connectivity index (χ4v) is 1.23. The number of halogens is 1. The Labute approximate surface area is 112 Å². The molecule has 3 amide bonds. The summed E-state index contributed by atoms with van der Waals surface area (Å²) < 4.78 is 17.8. The molecule has 1 aromatic rings. The summed E-state index contributed by atoms with van der Waals surface area (Å²) in [6.45, 7) is -0.132. The number of hydrogen-bond donors (Lipinski definition) is 4. The van der Waals surface area contributed by atoms with Gasteiger partial charge >= 0.3 is 18.1 Å². The van der Waals surface area contributed by atoms with Gasteiger partial charge in [-0.05, 0) is 18.2 Å². The number of amides is 3. The molecular formula is C11H12FN3O5. The molecular weight excluding hydrogens is 273 g/mol. The second-order valence-electron chi connectivity index (χ2n) is 3.55. The number of nitrogens with one attached hydrogen (secondary N) is 2. The molecule has 5 N–H and O–H groups in total. The first-order valence-corrected chi connectivity index (χ1v) is 5.40. The molecule has 108 valence electrons. The van der Waals surface area contributed by atoms with E-state index in [1.807, 2.05) is 0 Å². The van der Waals surface area contributed by atoms with Gasteiger partial charge in [0.2, 0.25) is 0 Å². The van der Waals surface area contributed by atoms with E-state index in [1.54, 1.807) is 0 Å². The number of urea groups is 1. The molecule has 0 fully saturated rings. The summed E-state index contributed by atoms with van der Waals surface area (Å²) in [4.78, 5) is 32.2. The predicted molar refractivity (Wildman–Crippen MR) is 65.9 cm³/mol. The molecule has 1 rings (SSSR count). The van der Waals surface area contributed by atoms with Crippen LogP contribution in [-0.4, -0.2) is 36.4 Å². The maximum absolute atomic E-state index is 13.5. The lowest BCUT2D eigenvalue weighted by Gasteiger charge is -2.08. The van der Waals surface area contributed by atoms with Crippen molar-refractivity contribution in [2.45, 2.75) is 0 Å². The Balaban J connectivity index is 2.50. The minimum atomic E-state index is -1.27. The standard InChI is InChI=1S/C11H12FN3O5/c12-7-5-6(9(16)17)1-2-8(7)15-11(19)14-3-4-20-10(13)18/h1-2,5H,3-4H2,(H2,13,18)(H,16,17)(H2,14,15,19). The highest BCUT2D eigenvalue weighted by Crippen LogP contribution is 2.15. The Hall–Kier alpha value is -2.84. The molecule has 0 bridgehead atoms. The smallest absolute Gasteiger partial charge is 0.404 e. The highest BCUT2D eigenvalue weighted by Gasteiger charge is 2.10. The van der Waals surface area contributed by atoms with Crippen LogP contribution in [0.5, 0.6) is 0 Å². The SMILES string of the molecule is NC(=O)OCCNC(=O)Nc1ccc(C(=O)O)cc1F. The van der Waals surface area contributed by atoms with Crippen molar-refractivity contribution in [2.24, 2.45) is 5.73 Å². The number of carbonyl (C=O) groups excluding carboxylic acids is 2. The number of carboxylic acid groups (broad SMARTS) is 1. The molecule has 8 nitrogen and oxygen atoms in total. The van der Waals surface area contributed by atoms with Gasteiger partial charge in [-0.1, -0.05) is 0 Å². The second kappa shape index (κ2) is 6.92. The first-order valence-electron chi connectivity index (χ1n) is 5.40. The number of carbonyl (C=O) groups is 3. The summed E-state index contributed by atoms with van der Waals surface area (Å²) in [7, 11) is 0. The topological polar surface area (TPSA) is 131 Å². The van der Waals surface area contributed by atoms with Gasteiger partial charge in [-0.3, -0.25) is 0 Å². The number of hydrogen-bond acceptors (Lipinski definition) is 4. The molecule has 0 saturated carbocycles. The Morgan fingerprint density at radius 1 is 1.35 bits per heavy atom. The highest BCUT2D eigenvalue weighted by molar-refractivity contribution is 5.91. The molecule has 0 saturated heterocycles. The van der Waals surface area contributed by atoms with Crippen LogP contribution in [0.1, 0.15) is 10.4 Å². The lowest BCUT2D eigenvalue weighted by molar-refractivity contribution is 0.0696. The number of primary amides is 1. The van der Waals surface area contributed by atoms with Gasteiger partial charge in [0.1, 0.15) is 12.4 Å². The van der Waals surface area contributed by atoms with Gasteiger partial charge in [0.05, 0.1) is 17.8 Å². The normalized spacial score (nSPS) is 9.65. The molecule has 0 aromatic heterocycles. The van der Waals surface area contributed by atoms with Crippen LogP contribution >= 0.6 is 0 Å². The average molecular weight is 285 g/mol. The largest absolute Gasteiger partial charge is 0.478 e. The van der Waals surface area contributed by atoms with Crippen LogP contribution in [0.2, 0.25) is 0 Å². The molecule has 0 radical (unpaired) electrons. The molecule has 20 heavy (non-hydrogen) atoms. The van der Waals surface area contributed by atoms with Crippen LogP contribution in [-0.2, 0) is 4.74 Å². The van der Waals surface area contributed by atoms with Crippen molar-refractivity contribution in [1.82, 2.24) is 5.32 Å². The minimum absolute atomic E-state index is 0.0103. The molecule has 0 aliphatic carbocycles. The van der Waals surface area contributed by atoms with Crippen molar-refractivity contribution >= 4 is 23.8 Å². The van der Waals surface area contributed by atoms with E-state index in [0.29, 0.717) is 0 Å². The third-order valence-corrected chi connectivity index (χ3v) is 2.10. The molecule has 1 aromatic carbocycles. The number of rotatable bonds is 5. The van der Waals surface area contributed by atoms with E-state index in [2.05, 4.69) is 15.4 Å². The third-order valence-electron chi connectivity index (χ3n) is 2.10. The van der Waals surface area contributed by atoms with Crippen molar-refractivity contribution in [3.05, 3.63) is 29.6 Å². The number of carboxylic acids is 1. The van der Waals surface area contributed by atoms with Crippen LogP contribution in [0.15, 0.2) is 18.2 Å². The quantitative estimate of drug-likeness (QED) is 0.593. The molecule has 0 heterocycles. The van der Waals surface area contributed by atoms with Gasteiger partial charge in [-0.25, -0.2) is 18.8 Å². The summed E-state index contributed by atoms with van der Waals surface area (Å²) in [5.41, 5.74) is 4.29. The van der Waals surface area contributed by atoms with Crippen molar-refractivity contribution in [1.29, 1.82) is 0 Å². The molecule has 9 heteroatoms. The van der Waals surface area contributed by atoms with E-state index < -0.39 is 23.9 Å². The van der Waals surface area contributed by atoms with Crippen LogP contribution in [0.3, 0.4) is 0 Å². The van der Waals surface area contributed by atoms with Gasteiger partial charge in [-0.2, -0.15) is 0 Å². The number of benzene rings is 1. The first kappa shape index (κ1) is 15.2. The molecule has 0 aliphatic heterocycles. The van der Waals surface area contributed by atoms with Crippen LogP contribution < -0.4 is 16.4 Å². The lowest BCUT2D eigenvalue weighted by Crippen LogP contribution is -2.32. The van der Waals surface area contributed by atoms with E-state index >= 15 is 0 Å². The van der Waals surface area contributed by atoms with Crippen molar-refractivity contribution in [3.63, 3.8) is 0 Å². The Bertz CT molecular complexity index is 535. The van der Waals surface area contributed by atoms with E-state index in [-0.39, 0.29) is 24.4 Å². The molecule has 0 aliphatic rings. The summed E-state index contributed by atoms with van der Waals surface area (Å²) in [6, 6.07) is 2.32. The van der Waals surface area contributed by atoms with Gasteiger partial charge in [0, 0.05) is 0 Å². The fourth-order valence-electron chi connectivity index (χ4n) is 1.23. The Morgan fingerprint density at radius 2 is 2.05 bits per heavy atom. The van der Waals surface area contributed by atoms with Crippen LogP contribution in [0, 0.1) is 5.82 Å². The Morgan fingerprint density at radius 3 is 2.60 bits per heavy atom. The van der Waals surface area contributed by atoms with E-state index in [4.69, 9.17) is 10.8 Å². The van der Waals surface area contributed by atoms with E-state index in [1.165, 1.54) is 0 Å². The summed E-state index contributed by atoms with van der Waals surface area (Å²) in [5, 5.41) is 13.1. The monoisotopic (exact) mass is 285 g/mol. The number of nitrogens with two attached hydrogens (primary N) is 1. The zero-order valence-corrected chi connectivity index (χ0v) is 10.2. The van der Waals surface area contributed by atoms with Crippen LogP contribution in [0.4, 0.5) is 19.7 Å². The Kier molecular flexibility index (Phi) is 5.27. The maximum atomic E-state index is 13.5. The fraction of sp³-hybridized carbons (Fsp3) is 0.182. The summed E-state index contributed by atoms with van der Waals surface area (Å²) >= 11 is 0. The van der Waals surface area contributed by atoms with Crippen molar-refractivity contribution in [3.8, 4) is 0 Å². The minimum Gasteiger partial charge on any atom is -0.478 e.